The van der Waals surface area contributed by atoms with Gasteiger partial charge in [-0.1, -0.05) is 41.6 Å². The number of hydrogen-bond acceptors (Lipinski definition) is 4. The van der Waals surface area contributed by atoms with Gasteiger partial charge in [0.25, 0.3) is 0 Å². The molecule has 4 heteroatoms. The molecular weight excluding hydrogens is 254 g/mol. The minimum absolute atomic E-state index is 0.00647. The summed E-state index contributed by atoms with van der Waals surface area (Å²) in [5.74, 6) is 0.580. The number of carbonyl (C=O) groups excluding carboxylic acids is 1. The first-order chi connectivity index (χ1) is 9.75. The van der Waals surface area contributed by atoms with Gasteiger partial charge in [0.15, 0.2) is 11.5 Å². The maximum Gasteiger partial charge on any atom is 0.167 e. The number of Topliss-reactive ketones (excluding diaryl/α,β-unsaturated/α-hetero) is 1. The van der Waals surface area contributed by atoms with Crippen LogP contribution in [0.5, 0.6) is 0 Å². The molecule has 4 nitrogen and oxygen atoms in total. The summed E-state index contributed by atoms with van der Waals surface area (Å²) in [6.45, 7) is 0. The number of hydrogen-bond donors (Lipinski definition) is 1. The van der Waals surface area contributed by atoms with Gasteiger partial charge in [0, 0.05) is 23.6 Å². The van der Waals surface area contributed by atoms with E-state index in [4.69, 9.17) is 4.52 Å². The Morgan fingerprint density at radius 2 is 2.05 bits per heavy atom. The van der Waals surface area contributed by atoms with Crippen molar-refractivity contribution in [2.75, 3.05) is 0 Å². The molecule has 0 saturated heterocycles. The zero-order valence-corrected chi connectivity index (χ0v) is 11.0. The van der Waals surface area contributed by atoms with Crippen LogP contribution in [0.3, 0.4) is 0 Å². The Balaban J connectivity index is 1.87. The van der Waals surface area contributed by atoms with E-state index in [9.17, 15) is 9.90 Å². The average molecular weight is 269 g/mol. The van der Waals surface area contributed by atoms with E-state index in [0.717, 1.165) is 18.4 Å². The van der Waals surface area contributed by atoms with Crippen LogP contribution in [0.2, 0.25) is 0 Å². The second-order valence-electron chi connectivity index (χ2n) is 4.86. The zero-order chi connectivity index (χ0) is 13.9. The smallest absolute Gasteiger partial charge is 0.167 e. The van der Waals surface area contributed by atoms with Crippen LogP contribution < -0.4 is 0 Å². The van der Waals surface area contributed by atoms with Crippen LogP contribution in [0.15, 0.2) is 52.6 Å². The van der Waals surface area contributed by atoms with Gasteiger partial charge in [-0.25, -0.2) is 0 Å². The molecule has 1 heterocycles. The number of allylic oxidation sites excluding steroid dienone is 1. The van der Waals surface area contributed by atoms with Crippen molar-refractivity contribution >= 4 is 5.78 Å². The van der Waals surface area contributed by atoms with Gasteiger partial charge >= 0.3 is 0 Å². The van der Waals surface area contributed by atoms with Gasteiger partial charge in [0.05, 0.1) is 0 Å². The number of aromatic nitrogens is 1. The van der Waals surface area contributed by atoms with Gasteiger partial charge in [0.1, 0.15) is 11.8 Å². The second-order valence-corrected chi connectivity index (χ2v) is 4.86. The van der Waals surface area contributed by atoms with E-state index >= 15 is 0 Å². The number of rotatable bonds is 3. The van der Waals surface area contributed by atoms with Crippen molar-refractivity contribution in [3.8, 4) is 11.3 Å². The fourth-order valence-electron chi connectivity index (χ4n) is 2.36. The Hall–Kier alpha value is -2.20. The molecule has 1 aliphatic carbocycles. The molecule has 1 aromatic carbocycles. The summed E-state index contributed by atoms with van der Waals surface area (Å²) in [5.41, 5.74) is 1.71. The molecule has 1 aromatic heterocycles. The Bertz CT molecular complexity index is 643. The second kappa shape index (κ2) is 5.43. The van der Waals surface area contributed by atoms with Crippen molar-refractivity contribution in [3.63, 3.8) is 0 Å². The third kappa shape index (κ3) is 2.42. The molecular formula is C16H15NO3. The topological polar surface area (TPSA) is 63.3 Å². The van der Waals surface area contributed by atoms with Crippen LogP contribution in [0.4, 0.5) is 0 Å². The quantitative estimate of drug-likeness (QED) is 0.930. The molecule has 0 amide bonds. The molecule has 0 saturated carbocycles. The van der Waals surface area contributed by atoms with Gasteiger partial charge in [-0.15, -0.1) is 0 Å². The highest BCUT2D eigenvalue weighted by atomic mass is 16.5. The molecule has 1 unspecified atom stereocenters. The Morgan fingerprint density at radius 3 is 2.80 bits per heavy atom. The van der Waals surface area contributed by atoms with E-state index < -0.39 is 6.10 Å². The molecule has 0 spiro atoms. The summed E-state index contributed by atoms with van der Waals surface area (Å²) in [5, 5.41) is 14.1. The van der Waals surface area contributed by atoms with Gasteiger partial charge in [-0.3, -0.25) is 4.79 Å². The summed E-state index contributed by atoms with van der Waals surface area (Å²) in [6, 6.07) is 11.2. The van der Waals surface area contributed by atoms with E-state index in [1.54, 1.807) is 12.1 Å². The van der Waals surface area contributed by atoms with Crippen molar-refractivity contribution in [2.24, 2.45) is 0 Å². The number of nitrogens with zero attached hydrogens (tertiary/aromatic N) is 1. The normalized spacial score (nSPS) is 16.9. The summed E-state index contributed by atoms with van der Waals surface area (Å²) >= 11 is 0. The van der Waals surface area contributed by atoms with Crippen molar-refractivity contribution in [2.45, 2.75) is 25.4 Å². The van der Waals surface area contributed by atoms with Crippen LogP contribution in [0.25, 0.3) is 11.3 Å². The van der Waals surface area contributed by atoms with Crippen molar-refractivity contribution < 1.29 is 14.4 Å². The van der Waals surface area contributed by atoms with Crippen LogP contribution in [0, 0.1) is 0 Å². The molecule has 1 N–H and O–H groups in total. The number of carbonyl (C=O) groups is 1. The SMILES string of the molecule is O=C1CCCC=C1C(O)c1cc(-c2ccccc2)on1. The Labute approximate surface area is 116 Å². The predicted molar refractivity (Wildman–Crippen MR) is 73.8 cm³/mol. The highest BCUT2D eigenvalue weighted by molar-refractivity contribution is 5.97. The van der Waals surface area contributed by atoms with E-state index in [2.05, 4.69) is 5.16 Å². The largest absolute Gasteiger partial charge is 0.382 e. The lowest BCUT2D eigenvalue weighted by molar-refractivity contribution is -0.117. The van der Waals surface area contributed by atoms with Crippen LogP contribution in [-0.4, -0.2) is 16.0 Å². The van der Waals surface area contributed by atoms with Gasteiger partial charge < -0.3 is 9.63 Å². The Morgan fingerprint density at radius 1 is 1.25 bits per heavy atom. The van der Waals surface area contributed by atoms with Crippen molar-refractivity contribution in [3.05, 3.63) is 53.7 Å². The molecule has 0 fully saturated rings. The molecule has 2 aromatic rings. The number of aliphatic hydroxyl groups excluding tert-OH is 1. The van der Waals surface area contributed by atoms with Crippen molar-refractivity contribution in [1.29, 1.82) is 0 Å². The van der Waals surface area contributed by atoms with E-state index in [1.165, 1.54) is 0 Å². The molecule has 0 bridgehead atoms. The van der Waals surface area contributed by atoms with Gasteiger partial charge in [-0.2, -0.15) is 0 Å². The molecule has 20 heavy (non-hydrogen) atoms. The molecule has 102 valence electrons. The molecule has 0 aliphatic heterocycles. The van der Waals surface area contributed by atoms with Gasteiger partial charge in [0.2, 0.25) is 0 Å². The third-order valence-corrected chi connectivity index (χ3v) is 3.46. The van der Waals surface area contributed by atoms with E-state index in [-0.39, 0.29) is 5.78 Å². The van der Waals surface area contributed by atoms with E-state index in [1.807, 2.05) is 30.3 Å². The highest BCUT2D eigenvalue weighted by Crippen LogP contribution is 2.29. The monoisotopic (exact) mass is 269 g/mol. The summed E-state index contributed by atoms with van der Waals surface area (Å²) in [6.07, 6.45) is 2.97. The predicted octanol–water partition coefficient (Wildman–Crippen LogP) is 3.05. The van der Waals surface area contributed by atoms with Crippen molar-refractivity contribution in [1.82, 2.24) is 5.16 Å². The zero-order valence-electron chi connectivity index (χ0n) is 11.0. The molecule has 0 radical (unpaired) electrons. The minimum atomic E-state index is -0.996. The first-order valence-electron chi connectivity index (χ1n) is 6.69. The summed E-state index contributed by atoms with van der Waals surface area (Å²) in [4.78, 5) is 11.8. The lowest BCUT2D eigenvalue weighted by Crippen LogP contribution is -2.14. The Kier molecular flexibility index (Phi) is 3.48. The molecule has 1 aliphatic rings. The number of ketones is 1. The summed E-state index contributed by atoms with van der Waals surface area (Å²) < 4.78 is 5.25. The summed E-state index contributed by atoms with van der Waals surface area (Å²) in [7, 11) is 0. The minimum Gasteiger partial charge on any atom is -0.382 e. The number of aliphatic hydroxyl groups is 1. The average Bonchev–Trinajstić information content (AvgIpc) is 2.98. The lowest BCUT2D eigenvalue weighted by Gasteiger charge is -2.15. The first-order valence-corrected chi connectivity index (χ1v) is 6.69. The first kappa shape index (κ1) is 12.8. The fourth-order valence-corrected chi connectivity index (χ4v) is 2.36. The van der Waals surface area contributed by atoms with Crippen LogP contribution >= 0.6 is 0 Å². The number of benzene rings is 1. The van der Waals surface area contributed by atoms with Gasteiger partial charge in [-0.05, 0) is 12.8 Å². The molecule has 1 atom stereocenters. The standard InChI is InChI=1S/C16H15NO3/c18-14-9-5-4-8-12(14)16(19)13-10-15(20-17-13)11-6-2-1-3-7-11/h1-3,6-8,10,16,19H,4-5,9H2. The fraction of sp³-hybridized carbons (Fsp3) is 0.250. The van der Waals surface area contributed by atoms with Crippen LogP contribution in [0.1, 0.15) is 31.1 Å². The highest BCUT2D eigenvalue weighted by Gasteiger charge is 2.25. The maximum absolute atomic E-state index is 11.8. The maximum atomic E-state index is 11.8. The lowest BCUT2D eigenvalue weighted by atomic mass is 9.92. The van der Waals surface area contributed by atoms with E-state index in [0.29, 0.717) is 23.4 Å². The molecule has 3 rings (SSSR count). The van der Waals surface area contributed by atoms with Crippen LogP contribution in [-0.2, 0) is 4.79 Å². The third-order valence-electron chi connectivity index (χ3n) is 3.46.